The van der Waals surface area contributed by atoms with E-state index in [1.165, 1.54) is 25.9 Å². The predicted molar refractivity (Wildman–Crippen MR) is 67.4 cm³/mol. The second kappa shape index (κ2) is 5.26. The summed E-state index contributed by atoms with van der Waals surface area (Å²) in [5.41, 5.74) is 0.666. The molecular weight excluding hydrogens is 230 g/mol. The zero-order chi connectivity index (χ0) is 12.2. The lowest BCUT2D eigenvalue weighted by atomic mass is 10.4. The average Bonchev–Trinajstić information content (AvgIpc) is 3.05. The highest BCUT2D eigenvalue weighted by atomic mass is 15.5. The van der Waals surface area contributed by atoms with E-state index in [-0.39, 0.29) is 0 Å². The van der Waals surface area contributed by atoms with Crippen molar-refractivity contribution in [2.45, 2.75) is 19.3 Å². The Morgan fingerprint density at radius 2 is 2.11 bits per heavy atom. The van der Waals surface area contributed by atoms with Crippen LogP contribution in [0.5, 0.6) is 0 Å². The van der Waals surface area contributed by atoms with Crippen LogP contribution in [0.4, 0.5) is 5.82 Å². The number of hydrogen-bond donors (Lipinski definition) is 1. The van der Waals surface area contributed by atoms with Crippen molar-refractivity contribution in [3.63, 3.8) is 0 Å². The normalized spacial score (nSPS) is 16.4. The van der Waals surface area contributed by atoms with E-state index in [1.54, 1.807) is 16.9 Å². The van der Waals surface area contributed by atoms with Gasteiger partial charge in [-0.25, -0.2) is 0 Å². The summed E-state index contributed by atoms with van der Waals surface area (Å²) in [6.45, 7) is 4.58. The standard InChI is InChI=1S/C11H17N7/c1-2-6-17(5-1)7-3-4-13-10-8-12-9-11-14-15-16-18(10)11/h8-9,13H,1-7H2. The molecule has 1 saturated heterocycles. The minimum Gasteiger partial charge on any atom is -0.369 e. The van der Waals surface area contributed by atoms with Gasteiger partial charge in [0.15, 0.2) is 5.65 Å². The average molecular weight is 247 g/mol. The zero-order valence-electron chi connectivity index (χ0n) is 10.3. The molecule has 7 heteroatoms. The lowest BCUT2D eigenvalue weighted by Gasteiger charge is -2.14. The SMILES string of the molecule is c1ncc2nnnn2c1NCCCN1CCCC1. The summed E-state index contributed by atoms with van der Waals surface area (Å²) in [4.78, 5) is 6.62. The zero-order valence-corrected chi connectivity index (χ0v) is 10.3. The molecule has 1 N–H and O–H groups in total. The van der Waals surface area contributed by atoms with Crippen molar-refractivity contribution in [1.82, 2.24) is 29.9 Å². The molecule has 2 aromatic rings. The number of fused-ring (bicyclic) bond motifs is 1. The van der Waals surface area contributed by atoms with E-state index in [2.05, 4.69) is 30.7 Å². The third kappa shape index (κ3) is 2.40. The summed E-state index contributed by atoms with van der Waals surface area (Å²) in [6, 6.07) is 0. The van der Waals surface area contributed by atoms with Crippen LogP contribution >= 0.6 is 0 Å². The highest BCUT2D eigenvalue weighted by Crippen LogP contribution is 2.08. The van der Waals surface area contributed by atoms with Crippen molar-refractivity contribution in [3.05, 3.63) is 12.4 Å². The van der Waals surface area contributed by atoms with E-state index in [0.717, 1.165) is 25.3 Å². The van der Waals surface area contributed by atoms with Crippen LogP contribution in [0.1, 0.15) is 19.3 Å². The van der Waals surface area contributed by atoms with Gasteiger partial charge in [-0.3, -0.25) is 4.98 Å². The van der Waals surface area contributed by atoms with E-state index in [4.69, 9.17) is 0 Å². The molecule has 1 aliphatic rings. The molecule has 1 fully saturated rings. The molecule has 3 rings (SSSR count). The maximum atomic E-state index is 4.10. The predicted octanol–water partition coefficient (Wildman–Crippen LogP) is 0.417. The maximum Gasteiger partial charge on any atom is 0.199 e. The molecule has 2 aromatic heterocycles. The molecule has 0 atom stereocenters. The van der Waals surface area contributed by atoms with Crippen LogP contribution in [0.15, 0.2) is 12.4 Å². The van der Waals surface area contributed by atoms with E-state index < -0.39 is 0 Å². The van der Waals surface area contributed by atoms with Crippen molar-refractivity contribution in [2.75, 3.05) is 31.5 Å². The van der Waals surface area contributed by atoms with E-state index in [9.17, 15) is 0 Å². The number of nitrogens with zero attached hydrogens (tertiary/aromatic N) is 6. The molecule has 7 nitrogen and oxygen atoms in total. The van der Waals surface area contributed by atoms with Crippen LogP contribution in [0.3, 0.4) is 0 Å². The Morgan fingerprint density at radius 1 is 1.22 bits per heavy atom. The number of aromatic nitrogens is 5. The molecule has 0 unspecified atom stereocenters. The quantitative estimate of drug-likeness (QED) is 0.772. The maximum absolute atomic E-state index is 4.10. The lowest BCUT2D eigenvalue weighted by Crippen LogP contribution is -2.22. The van der Waals surface area contributed by atoms with E-state index in [0.29, 0.717) is 5.65 Å². The summed E-state index contributed by atoms with van der Waals surface area (Å²) in [5.74, 6) is 0.846. The molecule has 18 heavy (non-hydrogen) atoms. The smallest absolute Gasteiger partial charge is 0.199 e. The van der Waals surface area contributed by atoms with Crippen molar-refractivity contribution in [3.8, 4) is 0 Å². The van der Waals surface area contributed by atoms with Crippen LogP contribution in [0.25, 0.3) is 5.65 Å². The number of likely N-dealkylation sites (tertiary alicyclic amines) is 1. The third-order valence-corrected chi connectivity index (χ3v) is 3.26. The second-order valence-corrected chi connectivity index (χ2v) is 4.57. The Hall–Kier alpha value is -1.76. The molecular formula is C11H17N7. The van der Waals surface area contributed by atoms with Gasteiger partial charge in [-0.05, 0) is 49.3 Å². The Labute approximate surface area is 105 Å². The molecule has 96 valence electrons. The molecule has 0 aromatic carbocycles. The topological polar surface area (TPSA) is 71.2 Å². The van der Waals surface area contributed by atoms with Gasteiger partial charge in [0.25, 0.3) is 0 Å². The van der Waals surface area contributed by atoms with Crippen molar-refractivity contribution < 1.29 is 0 Å². The Morgan fingerprint density at radius 3 is 3.00 bits per heavy atom. The number of nitrogens with one attached hydrogen (secondary N) is 1. The summed E-state index contributed by atoms with van der Waals surface area (Å²) < 4.78 is 1.67. The van der Waals surface area contributed by atoms with Crippen molar-refractivity contribution in [2.24, 2.45) is 0 Å². The Bertz CT molecular complexity index is 503. The molecule has 0 saturated carbocycles. The van der Waals surface area contributed by atoms with Crippen molar-refractivity contribution in [1.29, 1.82) is 0 Å². The molecule has 0 amide bonds. The first-order valence-corrected chi connectivity index (χ1v) is 6.42. The minimum atomic E-state index is 0.666. The molecule has 0 bridgehead atoms. The van der Waals surface area contributed by atoms with Gasteiger partial charge in [-0.15, -0.1) is 5.10 Å². The highest BCUT2D eigenvalue weighted by molar-refractivity contribution is 5.43. The Kier molecular flexibility index (Phi) is 3.31. The molecule has 0 spiro atoms. The molecule has 0 radical (unpaired) electrons. The first-order valence-electron chi connectivity index (χ1n) is 6.42. The Balaban J connectivity index is 1.51. The van der Waals surface area contributed by atoms with Crippen LogP contribution in [-0.4, -0.2) is 56.1 Å². The summed E-state index contributed by atoms with van der Waals surface area (Å²) in [7, 11) is 0. The van der Waals surface area contributed by atoms with Crippen LogP contribution in [0.2, 0.25) is 0 Å². The van der Waals surface area contributed by atoms with Gasteiger partial charge in [0.05, 0.1) is 12.4 Å². The van der Waals surface area contributed by atoms with Crippen LogP contribution in [-0.2, 0) is 0 Å². The largest absolute Gasteiger partial charge is 0.369 e. The van der Waals surface area contributed by atoms with Gasteiger partial charge in [0.2, 0.25) is 0 Å². The fraction of sp³-hybridized carbons (Fsp3) is 0.636. The van der Waals surface area contributed by atoms with Gasteiger partial charge in [0.1, 0.15) is 5.82 Å². The number of tetrazole rings is 1. The van der Waals surface area contributed by atoms with E-state index >= 15 is 0 Å². The second-order valence-electron chi connectivity index (χ2n) is 4.57. The van der Waals surface area contributed by atoms with Gasteiger partial charge < -0.3 is 10.2 Å². The summed E-state index contributed by atoms with van der Waals surface area (Å²) >= 11 is 0. The third-order valence-electron chi connectivity index (χ3n) is 3.26. The van der Waals surface area contributed by atoms with Gasteiger partial charge >= 0.3 is 0 Å². The number of rotatable bonds is 5. The lowest BCUT2D eigenvalue weighted by molar-refractivity contribution is 0.337. The number of hydrogen-bond acceptors (Lipinski definition) is 6. The first-order chi connectivity index (χ1) is 8.93. The summed E-state index contributed by atoms with van der Waals surface area (Å²) in [5, 5.41) is 14.7. The molecule has 1 aliphatic heterocycles. The van der Waals surface area contributed by atoms with Crippen LogP contribution in [0, 0.1) is 0 Å². The highest BCUT2D eigenvalue weighted by Gasteiger charge is 2.10. The van der Waals surface area contributed by atoms with Gasteiger partial charge in [-0.1, -0.05) is 0 Å². The monoisotopic (exact) mass is 247 g/mol. The van der Waals surface area contributed by atoms with E-state index in [1.807, 2.05) is 0 Å². The van der Waals surface area contributed by atoms with Crippen molar-refractivity contribution >= 4 is 11.5 Å². The fourth-order valence-corrected chi connectivity index (χ4v) is 2.32. The summed E-state index contributed by atoms with van der Waals surface area (Å²) in [6.07, 6.45) is 7.22. The molecule has 0 aliphatic carbocycles. The molecule has 3 heterocycles. The fourth-order valence-electron chi connectivity index (χ4n) is 2.32. The van der Waals surface area contributed by atoms with Gasteiger partial charge in [0, 0.05) is 6.54 Å². The number of anilines is 1. The minimum absolute atomic E-state index is 0.666. The van der Waals surface area contributed by atoms with Gasteiger partial charge in [-0.2, -0.15) is 4.52 Å². The first kappa shape index (κ1) is 11.3. The van der Waals surface area contributed by atoms with Crippen LogP contribution < -0.4 is 5.32 Å².